The van der Waals surface area contributed by atoms with E-state index in [2.05, 4.69) is 15.1 Å². The lowest BCUT2D eigenvalue weighted by Crippen LogP contribution is -2.45. The number of hydrogen-bond donors (Lipinski definition) is 0. The van der Waals surface area contributed by atoms with E-state index in [9.17, 15) is 31.1 Å². The molecule has 222 valence electrons. The monoisotopic (exact) mass is 583 g/mol. The van der Waals surface area contributed by atoms with Crippen molar-refractivity contribution in [3.63, 3.8) is 0 Å². The first-order valence-corrected chi connectivity index (χ1v) is 12.9. The average Bonchev–Trinajstić information content (AvgIpc) is 3.52. The summed E-state index contributed by atoms with van der Waals surface area (Å²) >= 11 is 0. The van der Waals surface area contributed by atoms with Gasteiger partial charge in [-0.15, -0.1) is 0 Å². The lowest BCUT2D eigenvalue weighted by molar-refractivity contribution is -0.143. The van der Waals surface area contributed by atoms with Crippen LogP contribution in [0.3, 0.4) is 0 Å². The minimum atomic E-state index is -4.98. The molecule has 3 aromatic rings. The van der Waals surface area contributed by atoms with E-state index in [-0.39, 0.29) is 48.7 Å². The molecule has 0 radical (unpaired) electrons. The third-order valence-electron chi connectivity index (χ3n) is 7.09. The fourth-order valence-corrected chi connectivity index (χ4v) is 5.04. The number of rotatable bonds is 6. The molecule has 1 saturated heterocycles. The van der Waals surface area contributed by atoms with E-state index in [1.807, 2.05) is 13.8 Å². The van der Waals surface area contributed by atoms with Gasteiger partial charge in [0.05, 0.1) is 23.4 Å². The Morgan fingerprint density at radius 3 is 2.02 bits per heavy atom. The third-order valence-corrected chi connectivity index (χ3v) is 7.09. The molecule has 0 bridgehead atoms. The molecule has 14 heteroatoms. The van der Waals surface area contributed by atoms with Crippen molar-refractivity contribution in [2.45, 2.75) is 51.2 Å². The van der Waals surface area contributed by atoms with Crippen molar-refractivity contribution in [2.24, 2.45) is 13.0 Å². The lowest BCUT2D eigenvalue weighted by atomic mass is 9.99. The second kappa shape index (κ2) is 11.2. The minimum Gasteiger partial charge on any atom is -0.332 e. The summed E-state index contributed by atoms with van der Waals surface area (Å²) < 4.78 is 83.2. The van der Waals surface area contributed by atoms with Gasteiger partial charge in [0, 0.05) is 70.0 Å². The van der Waals surface area contributed by atoms with Gasteiger partial charge in [-0.25, -0.2) is 14.8 Å². The summed E-state index contributed by atoms with van der Waals surface area (Å²) in [5.74, 6) is 0.167. The molecule has 0 saturated carbocycles. The Bertz CT molecular complexity index is 1340. The number of alkyl halides is 6. The van der Waals surface area contributed by atoms with Gasteiger partial charge >= 0.3 is 18.4 Å². The van der Waals surface area contributed by atoms with Gasteiger partial charge in [-0.05, 0) is 36.1 Å². The largest absolute Gasteiger partial charge is 0.416 e. The van der Waals surface area contributed by atoms with Crippen molar-refractivity contribution in [1.82, 2.24) is 29.5 Å². The van der Waals surface area contributed by atoms with E-state index >= 15 is 0 Å². The average molecular weight is 584 g/mol. The van der Waals surface area contributed by atoms with Crippen LogP contribution in [0.25, 0.3) is 11.1 Å². The number of halogens is 6. The maximum atomic E-state index is 13.6. The van der Waals surface area contributed by atoms with Gasteiger partial charge in [0.15, 0.2) is 0 Å². The van der Waals surface area contributed by atoms with Crippen molar-refractivity contribution in [3.8, 4) is 11.1 Å². The first-order chi connectivity index (χ1) is 19.0. The topological polar surface area (TPSA) is 70.4 Å². The van der Waals surface area contributed by atoms with Gasteiger partial charge < -0.3 is 14.7 Å². The Balaban J connectivity index is 1.77. The van der Waals surface area contributed by atoms with Gasteiger partial charge in [0.2, 0.25) is 5.95 Å². The van der Waals surface area contributed by atoms with E-state index in [1.54, 1.807) is 48.0 Å². The highest BCUT2D eigenvalue weighted by Gasteiger charge is 2.42. The van der Waals surface area contributed by atoms with Crippen LogP contribution in [0.5, 0.6) is 0 Å². The Morgan fingerprint density at radius 2 is 1.56 bits per heavy atom. The van der Waals surface area contributed by atoms with Crippen molar-refractivity contribution in [2.75, 3.05) is 25.5 Å². The zero-order valence-electron chi connectivity index (χ0n) is 23.2. The summed E-state index contributed by atoms with van der Waals surface area (Å²) in [5.41, 5.74) is -1.62. The van der Waals surface area contributed by atoms with Crippen LogP contribution in [0, 0.1) is 5.92 Å². The zero-order chi connectivity index (χ0) is 30.3. The molecule has 2 aromatic heterocycles. The van der Waals surface area contributed by atoms with Crippen LogP contribution in [0.1, 0.15) is 37.0 Å². The Labute approximate surface area is 233 Å². The molecule has 1 aromatic carbocycles. The highest BCUT2D eigenvalue weighted by molar-refractivity contribution is 5.75. The first kappa shape index (κ1) is 30.1. The molecule has 1 fully saturated rings. The molecule has 2 amide bonds. The predicted molar refractivity (Wildman–Crippen MR) is 140 cm³/mol. The third kappa shape index (κ3) is 6.73. The number of aromatic nitrogens is 4. The van der Waals surface area contributed by atoms with E-state index in [0.29, 0.717) is 24.1 Å². The Hall–Kier alpha value is -3.84. The summed E-state index contributed by atoms with van der Waals surface area (Å²) in [5, 5.41) is 4.11. The molecule has 0 N–H and O–H groups in total. The summed E-state index contributed by atoms with van der Waals surface area (Å²) in [7, 11) is 4.98. The van der Waals surface area contributed by atoms with Crippen LogP contribution in [0.4, 0.5) is 37.1 Å². The van der Waals surface area contributed by atoms with Crippen molar-refractivity contribution >= 4 is 12.0 Å². The molecule has 2 atom stereocenters. The molecular weight excluding hydrogens is 552 g/mol. The van der Waals surface area contributed by atoms with Crippen LogP contribution in [0.15, 0.2) is 43.0 Å². The van der Waals surface area contributed by atoms with Gasteiger partial charge in [0.1, 0.15) is 0 Å². The molecule has 4 rings (SSSR count). The van der Waals surface area contributed by atoms with Crippen LogP contribution < -0.4 is 4.90 Å². The number of hydrogen-bond acceptors (Lipinski definition) is 5. The number of benzene rings is 1. The lowest BCUT2D eigenvalue weighted by Gasteiger charge is -2.30. The molecule has 0 unspecified atom stereocenters. The highest BCUT2D eigenvalue weighted by atomic mass is 19.4. The predicted octanol–water partition coefficient (Wildman–Crippen LogP) is 5.70. The standard InChI is InChI=1S/C27H31F6N7O/c1-16(2)23-9-22(15-40(23)25(41)37(3)4)39(24-34-10-18(11-35-24)19-12-36-38(5)14-19)13-17-6-20(26(28,29)30)8-21(7-17)27(31,32)33/h6-8,10-12,14,16,22-23H,9,13,15H2,1-5H3/t22-,23-/m0/s1. The van der Waals surface area contributed by atoms with Crippen LogP contribution >= 0.6 is 0 Å². The van der Waals surface area contributed by atoms with Crippen molar-refractivity contribution in [1.29, 1.82) is 0 Å². The van der Waals surface area contributed by atoms with E-state index in [0.717, 1.165) is 5.56 Å². The van der Waals surface area contributed by atoms with Gasteiger partial charge in [-0.1, -0.05) is 13.8 Å². The number of aryl methyl sites for hydroxylation is 1. The highest BCUT2D eigenvalue weighted by Crippen LogP contribution is 2.38. The molecule has 3 heterocycles. The molecule has 1 aliphatic heterocycles. The molecule has 41 heavy (non-hydrogen) atoms. The van der Waals surface area contributed by atoms with Gasteiger partial charge in [0.25, 0.3) is 0 Å². The molecule has 8 nitrogen and oxygen atoms in total. The van der Waals surface area contributed by atoms with Gasteiger partial charge in [-0.2, -0.15) is 31.4 Å². The van der Waals surface area contributed by atoms with Crippen LogP contribution in [-0.2, 0) is 25.9 Å². The number of urea groups is 1. The van der Waals surface area contributed by atoms with E-state index < -0.39 is 29.5 Å². The second-order valence-corrected chi connectivity index (χ2v) is 10.7. The number of amides is 2. The van der Waals surface area contributed by atoms with E-state index in [1.165, 1.54) is 17.3 Å². The van der Waals surface area contributed by atoms with Gasteiger partial charge in [-0.3, -0.25) is 4.68 Å². The zero-order valence-corrected chi connectivity index (χ0v) is 23.2. The molecular formula is C27H31F6N7O. The normalized spacial score (nSPS) is 17.8. The van der Waals surface area contributed by atoms with Crippen LogP contribution in [0.2, 0.25) is 0 Å². The molecule has 0 spiro atoms. The molecule has 1 aliphatic rings. The summed E-state index contributed by atoms with van der Waals surface area (Å²) in [6.45, 7) is 3.77. The number of nitrogens with zero attached hydrogens (tertiary/aromatic N) is 7. The SMILES string of the molecule is CC(C)[C@@H]1C[C@H](N(Cc2cc(C(F)(F)F)cc(C(F)(F)F)c2)c2ncc(-c3cnn(C)c3)cn2)CN1C(=O)N(C)C. The van der Waals surface area contributed by atoms with Crippen LogP contribution in [-0.4, -0.2) is 68.3 Å². The van der Waals surface area contributed by atoms with Crippen molar-refractivity contribution < 1.29 is 31.1 Å². The number of anilines is 1. The Kier molecular flexibility index (Phi) is 8.23. The second-order valence-electron chi connectivity index (χ2n) is 10.7. The summed E-state index contributed by atoms with van der Waals surface area (Å²) in [4.78, 5) is 26.6. The summed E-state index contributed by atoms with van der Waals surface area (Å²) in [6.07, 6.45) is -3.11. The Morgan fingerprint density at radius 1 is 0.976 bits per heavy atom. The van der Waals surface area contributed by atoms with Crippen molar-refractivity contribution in [3.05, 3.63) is 59.7 Å². The van der Waals surface area contributed by atoms with E-state index in [4.69, 9.17) is 0 Å². The molecule has 0 aliphatic carbocycles. The number of carbonyl (C=O) groups is 1. The minimum absolute atomic E-state index is 0.0463. The fraction of sp³-hybridized carbons (Fsp3) is 0.481. The quantitative estimate of drug-likeness (QED) is 0.348. The number of carbonyl (C=O) groups excluding carboxylic acids is 1. The first-order valence-electron chi connectivity index (χ1n) is 12.9. The maximum Gasteiger partial charge on any atom is 0.416 e. The maximum absolute atomic E-state index is 13.6. The fourth-order valence-electron chi connectivity index (χ4n) is 5.04. The smallest absolute Gasteiger partial charge is 0.332 e. The summed E-state index contributed by atoms with van der Waals surface area (Å²) in [6, 6.07) is 0.610. The number of likely N-dealkylation sites (tertiary alicyclic amines) is 1.